The summed E-state index contributed by atoms with van der Waals surface area (Å²) in [6.45, 7) is 2.11. The van der Waals surface area contributed by atoms with Gasteiger partial charge in [0, 0.05) is 6.42 Å². The van der Waals surface area contributed by atoms with Gasteiger partial charge in [0.1, 0.15) is 17.6 Å². The van der Waals surface area contributed by atoms with Gasteiger partial charge in [0.15, 0.2) is 0 Å². The summed E-state index contributed by atoms with van der Waals surface area (Å²) >= 11 is 0. The van der Waals surface area contributed by atoms with Gasteiger partial charge in [0.05, 0.1) is 13.2 Å². The highest BCUT2D eigenvalue weighted by molar-refractivity contribution is 5.44. The van der Waals surface area contributed by atoms with Gasteiger partial charge in [0.2, 0.25) is 0 Å². The Morgan fingerprint density at radius 2 is 2.00 bits per heavy atom. The summed E-state index contributed by atoms with van der Waals surface area (Å²) in [4.78, 5) is 0. The van der Waals surface area contributed by atoms with Crippen molar-refractivity contribution in [3.05, 3.63) is 59.2 Å². The van der Waals surface area contributed by atoms with Crippen molar-refractivity contribution in [1.82, 2.24) is 5.32 Å². The first-order valence-electron chi connectivity index (χ1n) is 7.32. The van der Waals surface area contributed by atoms with Gasteiger partial charge in [-0.3, -0.25) is 0 Å². The molecule has 110 valence electrons. The summed E-state index contributed by atoms with van der Waals surface area (Å²) in [5, 5.41) is 3.39. The minimum absolute atomic E-state index is 0.154. The average Bonchev–Trinajstić information content (AvgIpc) is 2.87. The second-order valence-electron chi connectivity index (χ2n) is 5.50. The van der Waals surface area contributed by atoms with Gasteiger partial charge in [-0.2, -0.15) is 0 Å². The second-order valence-corrected chi connectivity index (χ2v) is 5.50. The summed E-state index contributed by atoms with van der Waals surface area (Å²) in [5.74, 6) is 1.90. The van der Waals surface area contributed by atoms with Gasteiger partial charge in [-0.25, -0.2) is 0 Å². The molecule has 0 radical (unpaired) electrons. The van der Waals surface area contributed by atoms with E-state index in [9.17, 15) is 0 Å². The van der Waals surface area contributed by atoms with Crippen LogP contribution in [0.1, 0.15) is 29.7 Å². The second kappa shape index (κ2) is 5.78. The third-order valence-corrected chi connectivity index (χ3v) is 3.97. The molecular formula is C18H21NO2. The van der Waals surface area contributed by atoms with Gasteiger partial charge in [0.25, 0.3) is 0 Å². The molecule has 3 nitrogen and oxygen atoms in total. The van der Waals surface area contributed by atoms with Gasteiger partial charge in [-0.05, 0) is 48.9 Å². The van der Waals surface area contributed by atoms with Crippen LogP contribution in [0.5, 0.6) is 11.5 Å². The number of rotatable bonds is 4. The van der Waals surface area contributed by atoms with Gasteiger partial charge >= 0.3 is 0 Å². The Morgan fingerprint density at radius 3 is 2.76 bits per heavy atom. The number of fused-ring (bicyclic) bond motifs is 1. The summed E-state index contributed by atoms with van der Waals surface area (Å²) in [7, 11) is 3.68. The van der Waals surface area contributed by atoms with Crippen LogP contribution in [0.25, 0.3) is 0 Å². The van der Waals surface area contributed by atoms with E-state index in [0.717, 1.165) is 17.9 Å². The molecule has 3 rings (SSSR count). The topological polar surface area (TPSA) is 30.5 Å². The van der Waals surface area contributed by atoms with Crippen molar-refractivity contribution < 1.29 is 9.47 Å². The van der Waals surface area contributed by atoms with Crippen LogP contribution in [-0.2, 0) is 6.42 Å². The molecule has 0 aromatic heterocycles. The van der Waals surface area contributed by atoms with Crippen molar-refractivity contribution in [3.8, 4) is 11.5 Å². The molecule has 1 N–H and O–H groups in total. The zero-order valence-electron chi connectivity index (χ0n) is 12.7. The van der Waals surface area contributed by atoms with E-state index < -0.39 is 0 Å². The van der Waals surface area contributed by atoms with E-state index in [1.54, 1.807) is 7.11 Å². The summed E-state index contributed by atoms with van der Waals surface area (Å²) < 4.78 is 11.1. The Labute approximate surface area is 125 Å². The van der Waals surface area contributed by atoms with E-state index >= 15 is 0 Å². The lowest BCUT2D eigenvalue weighted by Crippen LogP contribution is -2.17. The number of nitrogens with one attached hydrogen (secondary N) is 1. The molecule has 1 aliphatic heterocycles. The van der Waals surface area contributed by atoms with Crippen LogP contribution in [0.3, 0.4) is 0 Å². The monoisotopic (exact) mass is 283 g/mol. The lowest BCUT2D eigenvalue weighted by Gasteiger charge is -2.18. The molecule has 2 atom stereocenters. The van der Waals surface area contributed by atoms with Crippen LogP contribution in [-0.4, -0.2) is 20.3 Å². The molecular weight excluding hydrogens is 262 g/mol. The Morgan fingerprint density at radius 1 is 1.19 bits per heavy atom. The lowest BCUT2D eigenvalue weighted by atomic mass is 9.96. The average molecular weight is 283 g/mol. The van der Waals surface area contributed by atoms with E-state index in [0.29, 0.717) is 0 Å². The Balaban J connectivity index is 1.95. The molecule has 2 aromatic rings. The van der Waals surface area contributed by atoms with Crippen molar-refractivity contribution in [1.29, 1.82) is 0 Å². The van der Waals surface area contributed by atoms with Crippen molar-refractivity contribution in [2.24, 2.45) is 0 Å². The highest BCUT2D eigenvalue weighted by atomic mass is 16.5. The van der Waals surface area contributed by atoms with E-state index in [2.05, 4.69) is 42.6 Å². The summed E-state index contributed by atoms with van der Waals surface area (Å²) in [5.41, 5.74) is 3.74. The van der Waals surface area contributed by atoms with E-state index in [4.69, 9.17) is 9.47 Å². The molecule has 0 amide bonds. The van der Waals surface area contributed by atoms with Gasteiger partial charge in [-0.1, -0.05) is 24.3 Å². The van der Waals surface area contributed by atoms with Gasteiger partial charge < -0.3 is 14.8 Å². The molecule has 3 heteroatoms. The molecule has 0 bridgehead atoms. The number of benzene rings is 2. The molecule has 0 aliphatic carbocycles. The van der Waals surface area contributed by atoms with Crippen LogP contribution in [0, 0.1) is 0 Å². The SMILES string of the molecule is CNC(c1cccc(OC)c1)c1ccc2c(c1)CC(C)O2. The minimum atomic E-state index is 0.154. The fourth-order valence-electron chi connectivity index (χ4n) is 2.97. The van der Waals surface area contributed by atoms with Crippen LogP contribution >= 0.6 is 0 Å². The molecule has 0 saturated carbocycles. The zero-order valence-corrected chi connectivity index (χ0v) is 12.7. The molecule has 21 heavy (non-hydrogen) atoms. The summed E-state index contributed by atoms with van der Waals surface area (Å²) in [6, 6.07) is 14.8. The van der Waals surface area contributed by atoms with Crippen molar-refractivity contribution in [3.63, 3.8) is 0 Å². The maximum Gasteiger partial charge on any atom is 0.123 e. The van der Waals surface area contributed by atoms with Crippen molar-refractivity contribution >= 4 is 0 Å². The fraction of sp³-hybridized carbons (Fsp3) is 0.333. The number of hydrogen-bond donors (Lipinski definition) is 1. The number of methoxy groups -OCH3 is 1. The molecule has 2 unspecified atom stereocenters. The number of ether oxygens (including phenoxy) is 2. The minimum Gasteiger partial charge on any atom is -0.497 e. The third-order valence-electron chi connectivity index (χ3n) is 3.97. The van der Waals surface area contributed by atoms with Crippen LogP contribution in [0.2, 0.25) is 0 Å². The van der Waals surface area contributed by atoms with Crippen molar-refractivity contribution in [2.45, 2.75) is 25.5 Å². The molecule has 0 saturated heterocycles. The largest absolute Gasteiger partial charge is 0.497 e. The third kappa shape index (κ3) is 2.74. The Kier molecular flexibility index (Phi) is 3.84. The standard InChI is InChI=1S/C18H21NO2/c1-12-9-15-10-14(7-8-17(15)21-12)18(19-2)13-5-4-6-16(11-13)20-3/h4-8,10-12,18-19H,9H2,1-3H3. The maximum atomic E-state index is 5.78. The van der Waals surface area contributed by atoms with E-state index in [1.165, 1.54) is 16.7 Å². The highest BCUT2D eigenvalue weighted by Gasteiger charge is 2.21. The quantitative estimate of drug-likeness (QED) is 0.933. The fourth-order valence-corrected chi connectivity index (χ4v) is 2.97. The molecule has 0 fully saturated rings. The zero-order chi connectivity index (χ0) is 14.8. The first-order chi connectivity index (χ1) is 10.2. The van der Waals surface area contributed by atoms with Crippen molar-refractivity contribution in [2.75, 3.05) is 14.2 Å². The molecule has 2 aromatic carbocycles. The molecule has 0 spiro atoms. The van der Waals surface area contributed by atoms with Crippen LogP contribution in [0.15, 0.2) is 42.5 Å². The Hall–Kier alpha value is -2.00. The smallest absolute Gasteiger partial charge is 0.123 e. The van der Waals surface area contributed by atoms with E-state index in [-0.39, 0.29) is 12.1 Å². The van der Waals surface area contributed by atoms with Crippen LogP contribution < -0.4 is 14.8 Å². The Bertz CT molecular complexity index is 639. The number of hydrogen-bond acceptors (Lipinski definition) is 3. The van der Waals surface area contributed by atoms with Crippen LogP contribution in [0.4, 0.5) is 0 Å². The highest BCUT2D eigenvalue weighted by Crippen LogP contribution is 2.33. The molecule has 1 heterocycles. The summed E-state index contributed by atoms with van der Waals surface area (Å²) in [6.07, 6.45) is 1.26. The predicted molar refractivity (Wildman–Crippen MR) is 84.1 cm³/mol. The predicted octanol–water partition coefficient (Wildman–Crippen LogP) is 3.33. The maximum absolute atomic E-state index is 5.78. The first kappa shape index (κ1) is 14.0. The van der Waals surface area contributed by atoms with Gasteiger partial charge in [-0.15, -0.1) is 0 Å². The molecule has 1 aliphatic rings. The van der Waals surface area contributed by atoms with E-state index in [1.807, 2.05) is 19.2 Å². The normalized spacial score (nSPS) is 18.0. The first-order valence-corrected chi connectivity index (χ1v) is 7.32. The lowest BCUT2D eigenvalue weighted by molar-refractivity contribution is 0.254.